The van der Waals surface area contributed by atoms with Crippen molar-refractivity contribution in [3.05, 3.63) is 87.8 Å². The van der Waals surface area contributed by atoms with Crippen LogP contribution in [0.4, 0.5) is 14.5 Å². The first kappa shape index (κ1) is 20.1. The van der Waals surface area contributed by atoms with Crippen LogP contribution in [0.1, 0.15) is 15.9 Å². The van der Waals surface area contributed by atoms with Crippen LogP contribution >= 0.6 is 0 Å². The molecule has 0 unspecified atom stereocenters. The molecule has 0 bridgehead atoms. The van der Waals surface area contributed by atoms with Crippen molar-refractivity contribution in [1.82, 2.24) is 4.57 Å². The van der Waals surface area contributed by atoms with E-state index in [0.717, 1.165) is 17.7 Å². The predicted molar refractivity (Wildman–Crippen MR) is 104 cm³/mol. The van der Waals surface area contributed by atoms with Gasteiger partial charge in [0.2, 0.25) is 0 Å². The summed E-state index contributed by atoms with van der Waals surface area (Å²) >= 11 is 0. The maximum absolute atomic E-state index is 13.3. The summed E-state index contributed by atoms with van der Waals surface area (Å²) in [6.45, 7) is 0.179. The third-order valence-corrected chi connectivity index (χ3v) is 4.21. The van der Waals surface area contributed by atoms with E-state index in [4.69, 9.17) is 9.47 Å². The predicted octanol–water partition coefficient (Wildman–Crippen LogP) is 3.44. The Balaban J connectivity index is 1.87. The quantitative estimate of drug-likeness (QED) is 0.688. The van der Waals surface area contributed by atoms with E-state index in [1.165, 1.54) is 30.9 Å². The van der Waals surface area contributed by atoms with Crippen molar-refractivity contribution >= 4 is 11.6 Å². The van der Waals surface area contributed by atoms with Gasteiger partial charge < -0.3 is 19.4 Å². The van der Waals surface area contributed by atoms with Gasteiger partial charge in [-0.1, -0.05) is 0 Å². The summed E-state index contributed by atoms with van der Waals surface area (Å²) in [5, 5.41) is 2.40. The zero-order chi connectivity index (χ0) is 21.0. The molecule has 6 nitrogen and oxygen atoms in total. The van der Waals surface area contributed by atoms with Crippen LogP contribution in [0.3, 0.4) is 0 Å². The van der Waals surface area contributed by atoms with Gasteiger partial charge in [-0.15, -0.1) is 0 Å². The summed E-state index contributed by atoms with van der Waals surface area (Å²) in [6.07, 6.45) is 1.54. The number of carbonyl (C=O) groups is 1. The van der Waals surface area contributed by atoms with Gasteiger partial charge in [0.1, 0.15) is 17.1 Å². The van der Waals surface area contributed by atoms with E-state index in [9.17, 15) is 18.4 Å². The smallest absolute Gasteiger partial charge is 0.263 e. The number of ether oxygens (including phenoxy) is 2. The lowest BCUT2D eigenvalue weighted by atomic mass is 10.2. The Kier molecular flexibility index (Phi) is 5.92. The van der Waals surface area contributed by atoms with Gasteiger partial charge in [0.25, 0.3) is 11.5 Å². The number of benzene rings is 2. The number of aromatic nitrogens is 1. The third-order valence-electron chi connectivity index (χ3n) is 4.21. The Morgan fingerprint density at radius 3 is 2.31 bits per heavy atom. The van der Waals surface area contributed by atoms with Crippen molar-refractivity contribution in [3.8, 4) is 11.5 Å². The van der Waals surface area contributed by atoms with Crippen LogP contribution in [0, 0.1) is 11.6 Å². The summed E-state index contributed by atoms with van der Waals surface area (Å²) in [6, 6.07) is 11.1. The Bertz CT molecular complexity index is 1090. The number of halogens is 2. The SMILES string of the molecule is COc1cc(Cn2cccc(C(=O)Nc3ccc(F)c(F)c3)c2=O)cc(OC)c1. The fourth-order valence-corrected chi connectivity index (χ4v) is 2.76. The molecule has 0 spiro atoms. The van der Waals surface area contributed by atoms with E-state index < -0.39 is 23.1 Å². The van der Waals surface area contributed by atoms with E-state index in [1.807, 2.05) is 0 Å². The highest BCUT2D eigenvalue weighted by Gasteiger charge is 2.14. The second-order valence-corrected chi connectivity index (χ2v) is 6.16. The van der Waals surface area contributed by atoms with Gasteiger partial charge in [0.15, 0.2) is 11.6 Å². The Labute approximate surface area is 165 Å². The van der Waals surface area contributed by atoms with E-state index in [2.05, 4.69) is 5.32 Å². The lowest BCUT2D eigenvalue weighted by Gasteiger charge is -2.11. The number of hydrogen-bond acceptors (Lipinski definition) is 4. The van der Waals surface area contributed by atoms with E-state index in [-0.39, 0.29) is 17.8 Å². The summed E-state index contributed by atoms with van der Waals surface area (Å²) in [5.74, 6) is -1.71. The molecule has 0 aliphatic carbocycles. The molecule has 0 saturated carbocycles. The maximum Gasteiger partial charge on any atom is 0.263 e. The maximum atomic E-state index is 13.3. The topological polar surface area (TPSA) is 69.6 Å². The molecule has 0 saturated heterocycles. The highest BCUT2D eigenvalue weighted by Crippen LogP contribution is 2.23. The minimum Gasteiger partial charge on any atom is -0.497 e. The summed E-state index contributed by atoms with van der Waals surface area (Å²) < 4.78 is 38.2. The number of anilines is 1. The fourth-order valence-electron chi connectivity index (χ4n) is 2.76. The molecule has 0 atom stereocenters. The van der Waals surface area contributed by atoms with Gasteiger partial charge in [-0.3, -0.25) is 9.59 Å². The van der Waals surface area contributed by atoms with Crippen LogP contribution in [0.25, 0.3) is 0 Å². The lowest BCUT2D eigenvalue weighted by Crippen LogP contribution is -2.29. The van der Waals surface area contributed by atoms with E-state index in [1.54, 1.807) is 30.5 Å². The molecule has 3 rings (SSSR count). The number of nitrogens with one attached hydrogen (secondary N) is 1. The molecule has 1 heterocycles. The Morgan fingerprint density at radius 2 is 1.69 bits per heavy atom. The third kappa shape index (κ3) is 4.60. The monoisotopic (exact) mass is 400 g/mol. The molecule has 150 valence electrons. The van der Waals surface area contributed by atoms with Crippen molar-refractivity contribution < 1.29 is 23.0 Å². The number of nitrogens with zero attached hydrogens (tertiary/aromatic N) is 1. The van der Waals surface area contributed by atoms with Crippen molar-refractivity contribution in [2.75, 3.05) is 19.5 Å². The van der Waals surface area contributed by atoms with Crippen LogP contribution in [0.5, 0.6) is 11.5 Å². The molecule has 1 N–H and O–H groups in total. The van der Waals surface area contributed by atoms with Gasteiger partial charge in [-0.25, -0.2) is 8.78 Å². The van der Waals surface area contributed by atoms with Crippen molar-refractivity contribution in [2.24, 2.45) is 0 Å². The molecule has 3 aromatic rings. The first-order valence-corrected chi connectivity index (χ1v) is 8.59. The van der Waals surface area contributed by atoms with Gasteiger partial charge >= 0.3 is 0 Å². The number of pyridine rings is 1. The molecule has 0 aliphatic rings. The zero-order valence-electron chi connectivity index (χ0n) is 15.7. The van der Waals surface area contributed by atoms with Crippen LogP contribution in [-0.2, 0) is 6.54 Å². The van der Waals surface area contributed by atoms with Gasteiger partial charge in [0.05, 0.1) is 20.8 Å². The molecular formula is C21H18F2N2O4. The molecule has 0 fully saturated rings. The lowest BCUT2D eigenvalue weighted by molar-refractivity contribution is 0.102. The van der Waals surface area contributed by atoms with E-state index >= 15 is 0 Å². The number of hydrogen-bond donors (Lipinski definition) is 1. The summed E-state index contributed by atoms with van der Waals surface area (Å²) in [7, 11) is 3.04. The number of methoxy groups -OCH3 is 2. The average molecular weight is 400 g/mol. The Hall–Kier alpha value is -3.68. The number of carbonyl (C=O) groups excluding carboxylic acids is 1. The van der Waals surface area contributed by atoms with Gasteiger partial charge in [0, 0.05) is 24.0 Å². The normalized spacial score (nSPS) is 10.5. The first-order chi connectivity index (χ1) is 13.9. The standard InChI is InChI=1S/C21H18F2N2O4/c1-28-15-8-13(9-16(11-15)29-2)12-25-7-3-4-17(21(25)27)20(26)24-14-5-6-18(22)19(23)10-14/h3-11H,12H2,1-2H3,(H,24,26). The van der Waals surface area contributed by atoms with Crippen molar-refractivity contribution in [3.63, 3.8) is 0 Å². The number of amides is 1. The highest BCUT2D eigenvalue weighted by molar-refractivity contribution is 6.03. The van der Waals surface area contributed by atoms with E-state index in [0.29, 0.717) is 11.5 Å². The minimum atomic E-state index is -1.10. The molecule has 2 aromatic carbocycles. The van der Waals surface area contributed by atoms with Crippen LogP contribution in [-0.4, -0.2) is 24.7 Å². The molecule has 1 amide bonds. The van der Waals surface area contributed by atoms with Gasteiger partial charge in [-0.05, 0) is 42.0 Å². The zero-order valence-corrected chi connectivity index (χ0v) is 15.7. The van der Waals surface area contributed by atoms with Crippen molar-refractivity contribution in [1.29, 1.82) is 0 Å². The molecule has 1 aromatic heterocycles. The molecule has 8 heteroatoms. The van der Waals surface area contributed by atoms with Crippen LogP contribution in [0.15, 0.2) is 59.5 Å². The highest BCUT2D eigenvalue weighted by atomic mass is 19.2. The first-order valence-electron chi connectivity index (χ1n) is 8.59. The number of rotatable bonds is 6. The summed E-state index contributed by atoms with van der Waals surface area (Å²) in [5.41, 5.74) is 0.115. The van der Waals surface area contributed by atoms with Crippen molar-refractivity contribution in [2.45, 2.75) is 6.54 Å². The van der Waals surface area contributed by atoms with Gasteiger partial charge in [-0.2, -0.15) is 0 Å². The second-order valence-electron chi connectivity index (χ2n) is 6.16. The molecular weight excluding hydrogens is 382 g/mol. The minimum absolute atomic E-state index is 0.0428. The average Bonchev–Trinajstić information content (AvgIpc) is 2.71. The Morgan fingerprint density at radius 1 is 1.00 bits per heavy atom. The second kappa shape index (κ2) is 8.55. The molecule has 29 heavy (non-hydrogen) atoms. The van der Waals surface area contributed by atoms with Crippen LogP contribution < -0.4 is 20.3 Å². The largest absolute Gasteiger partial charge is 0.497 e. The fraction of sp³-hybridized carbons (Fsp3) is 0.143. The molecule has 0 aliphatic heterocycles. The van der Waals surface area contributed by atoms with Crippen LogP contribution in [0.2, 0.25) is 0 Å². The molecule has 0 radical (unpaired) electrons. The summed E-state index contributed by atoms with van der Waals surface area (Å²) in [4.78, 5) is 25.2.